The van der Waals surface area contributed by atoms with Gasteiger partial charge in [-0.1, -0.05) is 141 Å². The summed E-state index contributed by atoms with van der Waals surface area (Å²) in [7, 11) is 0. The van der Waals surface area contributed by atoms with E-state index in [-0.39, 0.29) is 0 Å². The molecule has 0 aliphatic rings. The third-order valence-corrected chi connectivity index (χ3v) is 12.0. The fraction of sp³-hybridized carbons (Fsp3) is 0.0189. The van der Waals surface area contributed by atoms with Crippen LogP contribution in [-0.4, -0.2) is 14.5 Å². The second-order valence-electron chi connectivity index (χ2n) is 14.2. The number of thiophene rings is 1. The second-order valence-corrected chi connectivity index (χ2v) is 15.3. The van der Waals surface area contributed by atoms with Crippen LogP contribution in [0.5, 0.6) is 0 Å². The molecular formula is C53H37N3OS. The normalized spacial score (nSPS) is 12.1. The molecule has 5 heteroatoms. The topological polar surface area (TPSA) is 43.9 Å². The molecule has 0 aliphatic carbocycles. The summed E-state index contributed by atoms with van der Waals surface area (Å²) in [6, 6.07) is 46.8. The van der Waals surface area contributed by atoms with E-state index < -0.39 is 0 Å². The van der Waals surface area contributed by atoms with Gasteiger partial charge in [-0.05, 0) is 72.2 Å². The van der Waals surface area contributed by atoms with Crippen molar-refractivity contribution < 1.29 is 4.42 Å². The molecular weight excluding hydrogens is 727 g/mol. The van der Waals surface area contributed by atoms with Gasteiger partial charge < -0.3 is 8.98 Å². The highest BCUT2D eigenvalue weighted by Crippen LogP contribution is 2.43. The first-order valence-electron chi connectivity index (χ1n) is 19.3. The Labute approximate surface area is 340 Å². The number of para-hydroxylation sites is 2. The largest absolute Gasteiger partial charge is 0.455 e. The van der Waals surface area contributed by atoms with E-state index in [1.165, 1.54) is 0 Å². The van der Waals surface area contributed by atoms with Gasteiger partial charge in [0.1, 0.15) is 11.2 Å². The van der Waals surface area contributed by atoms with Gasteiger partial charge in [-0.15, -0.1) is 11.3 Å². The molecule has 0 fully saturated rings. The molecule has 0 unspecified atom stereocenters. The Morgan fingerprint density at radius 3 is 2.16 bits per heavy atom. The number of hydrogen-bond acceptors (Lipinski definition) is 4. The number of allylic oxidation sites excluding steroid dienone is 5. The predicted molar refractivity (Wildman–Crippen MR) is 249 cm³/mol. The van der Waals surface area contributed by atoms with E-state index in [0.717, 1.165) is 109 Å². The van der Waals surface area contributed by atoms with Crippen molar-refractivity contribution >= 4 is 82.3 Å². The number of fused-ring (bicyclic) bond motifs is 7. The fourth-order valence-electron chi connectivity index (χ4n) is 8.22. The van der Waals surface area contributed by atoms with Crippen molar-refractivity contribution in [1.29, 1.82) is 0 Å². The van der Waals surface area contributed by atoms with Crippen LogP contribution in [0.4, 0.5) is 0 Å². The standard InChI is InChI=1S/C53H37N3OS/c1-5-15-38(16-6-2)56-45(8-4)39(7-3)43-31-36(27-29-46(43)56)37-28-30-48-44(32-37)50-52(58-48)49(34-17-10-9-11-18-34)54-53(55-50)35-25-23-33(24-26-35)40-20-14-21-42-41-19-12-13-22-47(41)57-51(40)42/h5-32H,1,3-4H2,2H3/b16-6-,38-15+. The minimum absolute atomic E-state index is 0.685. The smallest absolute Gasteiger partial charge is 0.160 e. The summed E-state index contributed by atoms with van der Waals surface area (Å²) in [6.07, 6.45) is 11.8. The molecule has 10 aromatic rings. The van der Waals surface area contributed by atoms with Crippen molar-refractivity contribution in [2.45, 2.75) is 6.92 Å². The maximum atomic E-state index is 6.37. The van der Waals surface area contributed by atoms with Crippen molar-refractivity contribution in [2.75, 3.05) is 0 Å². The summed E-state index contributed by atoms with van der Waals surface area (Å²) in [5.74, 6) is 0.685. The fourth-order valence-corrected chi connectivity index (χ4v) is 9.36. The van der Waals surface area contributed by atoms with Gasteiger partial charge >= 0.3 is 0 Å². The first-order chi connectivity index (χ1) is 28.6. The Morgan fingerprint density at radius 2 is 1.38 bits per heavy atom. The molecule has 0 spiro atoms. The van der Waals surface area contributed by atoms with E-state index in [9.17, 15) is 0 Å². The summed E-state index contributed by atoms with van der Waals surface area (Å²) < 4.78 is 10.8. The van der Waals surface area contributed by atoms with Crippen molar-refractivity contribution in [3.05, 3.63) is 189 Å². The van der Waals surface area contributed by atoms with E-state index in [1.54, 1.807) is 11.3 Å². The van der Waals surface area contributed by atoms with Gasteiger partial charge in [0, 0.05) is 54.2 Å². The van der Waals surface area contributed by atoms with Crippen LogP contribution in [0.2, 0.25) is 0 Å². The van der Waals surface area contributed by atoms with Gasteiger partial charge in [-0.3, -0.25) is 0 Å². The van der Waals surface area contributed by atoms with Crippen molar-refractivity contribution in [3.63, 3.8) is 0 Å². The highest BCUT2D eigenvalue weighted by Gasteiger charge is 2.20. The molecule has 0 atom stereocenters. The lowest BCUT2D eigenvalue weighted by Gasteiger charge is -2.10. The van der Waals surface area contributed by atoms with Gasteiger partial charge in [-0.25, -0.2) is 9.97 Å². The number of aromatic nitrogens is 3. The van der Waals surface area contributed by atoms with E-state index >= 15 is 0 Å². The van der Waals surface area contributed by atoms with Gasteiger partial charge in [0.2, 0.25) is 0 Å². The Hall–Kier alpha value is -7.34. The maximum Gasteiger partial charge on any atom is 0.160 e. The number of benzene rings is 6. The van der Waals surface area contributed by atoms with Crippen molar-refractivity contribution in [1.82, 2.24) is 14.5 Å². The third-order valence-electron chi connectivity index (χ3n) is 10.9. The lowest BCUT2D eigenvalue weighted by Crippen LogP contribution is -1.97. The predicted octanol–water partition coefficient (Wildman–Crippen LogP) is 15.3. The first kappa shape index (κ1) is 35.1. The average molecular weight is 764 g/mol. The number of furan rings is 1. The van der Waals surface area contributed by atoms with Gasteiger partial charge in [0.25, 0.3) is 0 Å². The summed E-state index contributed by atoms with van der Waals surface area (Å²) in [5, 5.41) is 4.44. The lowest BCUT2D eigenvalue weighted by molar-refractivity contribution is 0.670. The zero-order valence-electron chi connectivity index (χ0n) is 31.9. The number of rotatable bonds is 9. The van der Waals surface area contributed by atoms with Crippen molar-refractivity contribution in [3.8, 4) is 44.9 Å². The van der Waals surface area contributed by atoms with Crippen LogP contribution in [0, 0.1) is 0 Å². The third kappa shape index (κ3) is 5.67. The Balaban J connectivity index is 1.11. The SMILES string of the molecule is C=C/C=C(\C=C/C)n1c(C=C)c(C=C)c2cc(-c3ccc4sc5c(-c6ccccc6)nc(-c6ccc(-c7cccc8c7oc7ccccc78)cc6)nc5c4c3)ccc21. The molecule has 0 saturated carbocycles. The Kier molecular flexibility index (Phi) is 8.66. The van der Waals surface area contributed by atoms with E-state index in [2.05, 4.69) is 146 Å². The zero-order chi connectivity index (χ0) is 39.3. The monoisotopic (exact) mass is 763 g/mol. The van der Waals surface area contributed by atoms with Crippen LogP contribution in [0.1, 0.15) is 18.2 Å². The Bertz CT molecular complexity index is 3340. The highest BCUT2D eigenvalue weighted by molar-refractivity contribution is 7.26. The molecule has 4 nitrogen and oxygen atoms in total. The minimum Gasteiger partial charge on any atom is -0.455 e. The molecule has 0 amide bonds. The molecule has 58 heavy (non-hydrogen) atoms. The average Bonchev–Trinajstić information content (AvgIpc) is 3.95. The van der Waals surface area contributed by atoms with Crippen LogP contribution in [0.25, 0.3) is 116 Å². The minimum atomic E-state index is 0.685. The molecule has 0 radical (unpaired) electrons. The zero-order valence-corrected chi connectivity index (χ0v) is 32.8. The van der Waals surface area contributed by atoms with Crippen LogP contribution in [-0.2, 0) is 0 Å². The van der Waals surface area contributed by atoms with E-state index in [0.29, 0.717) is 5.82 Å². The summed E-state index contributed by atoms with van der Waals surface area (Å²) in [5.41, 5.74) is 14.1. The molecule has 4 heterocycles. The van der Waals surface area contributed by atoms with Gasteiger partial charge in [-0.2, -0.15) is 0 Å². The van der Waals surface area contributed by atoms with Gasteiger partial charge in [0.05, 0.1) is 27.1 Å². The van der Waals surface area contributed by atoms with Crippen LogP contribution in [0.15, 0.2) is 182 Å². The summed E-state index contributed by atoms with van der Waals surface area (Å²) >= 11 is 1.74. The van der Waals surface area contributed by atoms with Crippen LogP contribution < -0.4 is 0 Å². The summed E-state index contributed by atoms with van der Waals surface area (Å²) in [6.45, 7) is 14.3. The van der Waals surface area contributed by atoms with Crippen molar-refractivity contribution in [2.24, 2.45) is 0 Å². The molecule has 10 rings (SSSR count). The number of hydrogen-bond donors (Lipinski definition) is 0. The number of nitrogens with zero attached hydrogens (tertiary/aromatic N) is 3. The second kappa shape index (κ2) is 14.3. The highest BCUT2D eigenvalue weighted by atomic mass is 32.1. The quantitative estimate of drug-likeness (QED) is 0.138. The Morgan fingerprint density at radius 1 is 0.655 bits per heavy atom. The van der Waals surface area contributed by atoms with Crippen LogP contribution >= 0.6 is 11.3 Å². The van der Waals surface area contributed by atoms with E-state index in [4.69, 9.17) is 14.4 Å². The van der Waals surface area contributed by atoms with Gasteiger partial charge in [0.15, 0.2) is 5.82 Å². The molecule has 6 aromatic carbocycles. The van der Waals surface area contributed by atoms with Crippen LogP contribution in [0.3, 0.4) is 0 Å². The molecule has 0 aliphatic heterocycles. The molecule has 4 aromatic heterocycles. The molecule has 0 N–H and O–H groups in total. The van der Waals surface area contributed by atoms with E-state index in [1.807, 2.05) is 55.5 Å². The molecule has 276 valence electrons. The molecule has 0 bridgehead atoms. The lowest BCUT2D eigenvalue weighted by atomic mass is 10.00. The maximum absolute atomic E-state index is 6.37. The summed E-state index contributed by atoms with van der Waals surface area (Å²) in [4.78, 5) is 10.6. The molecule has 0 saturated heterocycles. The first-order valence-corrected chi connectivity index (χ1v) is 20.1.